The van der Waals surface area contributed by atoms with E-state index < -0.39 is 24.6 Å². The molecule has 0 spiro atoms. The van der Waals surface area contributed by atoms with Crippen LogP contribution in [0, 0.1) is 11.8 Å². The molecule has 34 heavy (non-hydrogen) atoms. The van der Waals surface area contributed by atoms with Gasteiger partial charge >= 0.3 is 12.1 Å². The summed E-state index contributed by atoms with van der Waals surface area (Å²) in [6, 6.07) is 16.3. The van der Waals surface area contributed by atoms with Gasteiger partial charge in [-0.2, -0.15) is 0 Å². The highest BCUT2D eigenvalue weighted by molar-refractivity contribution is 5.79. The van der Waals surface area contributed by atoms with E-state index in [1.54, 1.807) is 0 Å². The van der Waals surface area contributed by atoms with Crippen LogP contribution in [0.25, 0.3) is 11.1 Å². The highest BCUT2D eigenvalue weighted by atomic mass is 16.7. The Morgan fingerprint density at radius 3 is 2.21 bits per heavy atom. The maximum absolute atomic E-state index is 12.6. The van der Waals surface area contributed by atoms with Gasteiger partial charge in [0.25, 0.3) is 0 Å². The minimum atomic E-state index is -1.16. The first kappa shape index (κ1) is 23.8. The lowest BCUT2D eigenvalue weighted by Crippen LogP contribution is -2.37. The predicted molar refractivity (Wildman–Crippen MR) is 125 cm³/mol. The van der Waals surface area contributed by atoms with Gasteiger partial charge in [0.15, 0.2) is 6.61 Å². The summed E-state index contributed by atoms with van der Waals surface area (Å²) in [7, 11) is 0. The van der Waals surface area contributed by atoms with E-state index >= 15 is 0 Å². The Balaban J connectivity index is 1.31. The molecule has 1 fully saturated rings. The average molecular weight is 467 g/mol. The van der Waals surface area contributed by atoms with Crippen LogP contribution in [0.15, 0.2) is 48.5 Å². The Bertz CT molecular complexity index is 988. The standard InChI is InChI=1S/C26H30N2O6/c29-24(28-34-16-25(30)31)13-18(17-7-1-2-8-17)14-27-26(32)33-15-23-21-11-5-3-9-19(21)20-10-4-6-12-22(20)23/h3-6,9-12,17-18,23H,1-2,7-8,13-16H2,(H,27,32)(H,28,29)(H,30,31). The summed E-state index contributed by atoms with van der Waals surface area (Å²) in [6.45, 7) is -0.0526. The molecule has 0 heterocycles. The number of carboxylic acids is 1. The molecular formula is C26H30N2O6. The van der Waals surface area contributed by atoms with E-state index in [-0.39, 0.29) is 24.9 Å². The molecule has 2 aromatic rings. The van der Waals surface area contributed by atoms with Crippen molar-refractivity contribution in [2.75, 3.05) is 19.8 Å². The van der Waals surface area contributed by atoms with Gasteiger partial charge in [0.2, 0.25) is 5.91 Å². The monoisotopic (exact) mass is 466 g/mol. The number of nitrogens with one attached hydrogen (secondary N) is 2. The van der Waals surface area contributed by atoms with E-state index in [2.05, 4.69) is 39.9 Å². The molecule has 180 valence electrons. The van der Waals surface area contributed by atoms with Crippen molar-refractivity contribution in [3.8, 4) is 11.1 Å². The molecule has 0 saturated heterocycles. The molecule has 1 saturated carbocycles. The van der Waals surface area contributed by atoms with Gasteiger partial charge < -0.3 is 15.2 Å². The van der Waals surface area contributed by atoms with Crippen molar-refractivity contribution in [2.24, 2.45) is 11.8 Å². The van der Waals surface area contributed by atoms with Gasteiger partial charge in [0.1, 0.15) is 6.61 Å². The van der Waals surface area contributed by atoms with E-state index in [0.717, 1.165) is 36.8 Å². The van der Waals surface area contributed by atoms with Crippen LogP contribution in [0.3, 0.4) is 0 Å². The Hall–Kier alpha value is -3.39. The zero-order valence-electron chi connectivity index (χ0n) is 19.0. The second-order valence-corrected chi connectivity index (χ2v) is 8.92. The molecule has 8 heteroatoms. The second kappa shape index (κ2) is 11.2. The van der Waals surface area contributed by atoms with Crippen molar-refractivity contribution in [1.29, 1.82) is 0 Å². The number of rotatable bonds is 10. The van der Waals surface area contributed by atoms with Crippen LogP contribution in [0.2, 0.25) is 0 Å². The smallest absolute Gasteiger partial charge is 0.407 e. The summed E-state index contributed by atoms with van der Waals surface area (Å²) < 4.78 is 5.61. The Labute approximate surface area is 198 Å². The first-order valence-corrected chi connectivity index (χ1v) is 11.7. The lowest BCUT2D eigenvalue weighted by molar-refractivity contribution is -0.149. The third-order valence-electron chi connectivity index (χ3n) is 6.75. The van der Waals surface area contributed by atoms with Gasteiger partial charge in [0.05, 0.1) is 0 Å². The number of aliphatic carboxylic acids is 1. The van der Waals surface area contributed by atoms with Crippen LogP contribution in [-0.4, -0.2) is 42.8 Å². The molecule has 0 radical (unpaired) electrons. The molecule has 8 nitrogen and oxygen atoms in total. The Morgan fingerprint density at radius 1 is 0.971 bits per heavy atom. The molecule has 0 aromatic heterocycles. The fourth-order valence-electron chi connectivity index (χ4n) is 5.16. The minimum Gasteiger partial charge on any atom is -0.479 e. The van der Waals surface area contributed by atoms with Gasteiger partial charge in [-0.3, -0.25) is 9.63 Å². The first-order valence-electron chi connectivity index (χ1n) is 11.7. The van der Waals surface area contributed by atoms with Crippen LogP contribution < -0.4 is 10.8 Å². The fourth-order valence-corrected chi connectivity index (χ4v) is 5.16. The van der Waals surface area contributed by atoms with Gasteiger partial charge in [-0.05, 0) is 34.1 Å². The van der Waals surface area contributed by atoms with Crippen LogP contribution in [-0.2, 0) is 19.2 Å². The van der Waals surface area contributed by atoms with Gasteiger partial charge in [0, 0.05) is 18.9 Å². The van der Waals surface area contributed by atoms with E-state index in [1.165, 1.54) is 11.1 Å². The molecule has 0 bridgehead atoms. The Morgan fingerprint density at radius 2 is 1.59 bits per heavy atom. The maximum Gasteiger partial charge on any atom is 0.407 e. The Kier molecular flexibility index (Phi) is 7.80. The maximum atomic E-state index is 12.6. The van der Waals surface area contributed by atoms with Gasteiger partial charge in [-0.15, -0.1) is 0 Å². The largest absolute Gasteiger partial charge is 0.479 e. The van der Waals surface area contributed by atoms with E-state index in [4.69, 9.17) is 9.84 Å². The number of fused-ring (bicyclic) bond motifs is 3. The number of hydrogen-bond acceptors (Lipinski definition) is 5. The number of amides is 2. The SMILES string of the molecule is O=C(O)CONC(=O)CC(CNC(=O)OCC1c2ccccc2-c2ccccc21)C1CCCC1. The summed E-state index contributed by atoms with van der Waals surface area (Å²) in [5.74, 6) is -1.33. The molecule has 1 unspecified atom stereocenters. The number of carboxylic acid groups (broad SMARTS) is 1. The van der Waals surface area contributed by atoms with Gasteiger partial charge in [-0.1, -0.05) is 74.2 Å². The number of ether oxygens (including phenoxy) is 1. The number of carbonyl (C=O) groups is 3. The van der Waals surface area contributed by atoms with Crippen LogP contribution in [0.5, 0.6) is 0 Å². The molecule has 4 rings (SSSR count). The number of alkyl carbamates (subject to hydrolysis) is 1. The third-order valence-corrected chi connectivity index (χ3v) is 6.75. The molecule has 2 aliphatic carbocycles. The van der Waals surface area contributed by atoms with Crippen LogP contribution >= 0.6 is 0 Å². The molecule has 3 N–H and O–H groups in total. The third kappa shape index (κ3) is 5.75. The van der Waals surface area contributed by atoms with Gasteiger partial charge in [-0.25, -0.2) is 15.1 Å². The summed E-state index contributed by atoms with van der Waals surface area (Å²) in [6.07, 6.45) is 3.84. The highest BCUT2D eigenvalue weighted by Gasteiger charge is 2.30. The topological polar surface area (TPSA) is 114 Å². The van der Waals surface area contributed by atoms with Crippen LogP contribution in [0.4, 0.5) is 4.79 Å². The highest BCUT2D eigenvalue weighted by Crippen LogP contribution is 2.44. The summed E-state index contributed by atoms with van der Waals surface area (Å²) in [5.41, 5.74) is 6.82. The van der Waals surface area contributed by atoms with E-state index in [9.17, 15) is 14.4 Å². The van der Waals surface area contributed by atoms with Crippen molar-refractivity contribution < 1.29 is 29.1 Å². The lowest BCUT2D eigenvalue weighted by Gasteiger charge is -2.23. The summed E-state index contributed by atoms with van der Waals surface area (Å²) >= 11 is 0. The minimum absolute atomic E-state index is 0.0130. The fraction of sp³-hybridized carbons (Fsp3) is 0.423. The number of benzene rings is 2. The zero-order chi connectivity index (χ0) is 23.9. The van der Waals surface area contributed by atoms with E-state index in [0.29, 0.717) is 12.5 Å². The van der Waals surface area contributed by atoms with Crippen molar-refractivity contribution in [3.05, 3.63) is 59.7 Å². The second-order valence-electron chi connectivity index (χ2n) is 8.92. The molecule has 2 aliphatic rings. The molecular weight excluding hydrogens is 436 g/mol. The van der Waals surface area contributed by atoms with E-state index in [1.807, 2.05) is 24.3 Å². The molecule has 0 aliphatic heterocycles. The average Bonchev–Trinajstić information content (AvgIpc) is 3.47. The predicted octanol–water partition coefficient (Wildman–Crippen LogP) is 3.85. The normalized spacial score (nSPS) is 15.9. The van der Waals surface area contributed by atoms with Crippen molar-refractivity contribution in [3.63, 3.8) is 0 Å². The molecule has 1 atom stereocenters. The van der Waals surface area contributed by atoms with Crippen LogP contribution in [0.1, 0.15) is 49.1 Å². The quantitative estimate of drug-likeness (QED) is 0.458. The number of hydrogen-bond donors (Lipinski definition) is 3. The lowest BCUT2D eigenvalue weighted by atomic mass is 9.88. The summed E-state index contributed by atoms with van der Waals surface area (Å²) in [5, 5.41) is 11.5. The summed E-state index contributed by atoms with van der Waals surface area (Å²) in [4.78, 5) is 40.0. The van der Waals surface area contributed by atoms with Crippen molar-refractivity contribution in [2.45, 2.75) is 38.0 Å². The van der Waals surface area contributed by atoms with Crippen molar-refractivity contribution in [1.82, 2.24) is 10.8 Å². The molecule has 2 aromatic carbocycles. The first-order chi connectivity index (χ1) is 16.5. The number of hydroxylamine groups is 1. The van der Waals surface area contributed by atoms with Crippen molar-refractivity contribution >= 4 is 18.0 Å². The zero-order valence-corrected chi connectivity index (χ0v) is 19.0. The number of carbonyl (C=O) groups excluding carboxylic acids is 2. The molecule has 2 amide bonds.